The molecule has 0 bridgehead atoms. The van der Waals surface area contributed by atoms with Crippen molar-refractivity contribution in [3.8, 4) is 51.1 Å². The topological polar surface area (TPSA) is 357 Å². The molecular weight excluding hydrogens is 1750 g/mol. The highest BCUT2D eigenvalue weighted by molar-refractivity contribution is 6.01. The van der Waals surface area contributed by atoms with Crippen molar-refractivity contribution in [3.63, 3.8) is 0 Å². The van der Waals surface area contributed by atoms with E-state index in [4.69, 9.17) is 28.4 Å². The molecule has 0 aliphatic carbocycles. The molecule has 4 aliphatic heterocycles. The van der Waals surface area contributed by atoms with E-state index in [1.807, 2.05) is 41.5 Å². The Hall–Kier alpha value is -13.8. The van der Waals surface area contributed by atoms with E-state index in [0.717, 1.165) is 93.3 Å². The molecule has 1 saturated heterocycles. The Kier molecular flexibility index (Phi) is 30.5. The lowest BCUT2D eigenvalue weighted by Crippen LogP contribution is -2.53. The zero-order valence-electron chi connectivity index (χ0n) is 76.0. The lowest BCUT2D eigenvalue weighted by Gasteiger charge is -2.38. The number of ether oxygens (including phenoxy) is 6. The lowest BCUT2D eigenvalue weighted by atomic mass is 9.91. The summed E-state index contributed by atoms with van der Waals surface area (Å²) < 4.78 is 156. The molecule has 3 amide bonds. The molecule has 4 aliphatic rings. The first-order valence-electron chi connectivity index (χ1n) is 43.2. The summed E-state index contributed by atoms with van der Waals surface area (Å²) in [5.41, 5.74) is 3.16. The van der Waals surface area contributed by atoms with Crippen LogP contribution in [0.1, 0.15) is 149 Å². The largest absolute Gasteiger partial charge is 0.493 e. The van der Waals surface area contributed by atoms with Crippen molar-refractivity contribution in [3.05, 3.63) is 240 Å². The summed E-state index contributed by atoms with van der Waals surface area (Å²) in [6, 6.07) is 12.3. The molecule has 0 unspecified atom stereocenters. The van der Waals surface area contributed by atoms with Gasteiger partial charge in [0.1, 0.15) is 82.7 Å². The Labute approximate surface area is 757 Å². The fourth-order valence-corrected chi connectivity index (χ4v) is 16.3. The van der Waals surface area contributed by atoms with Gasteiger partial charge in [0.05, 0.1) is 85.2 Å². The number of carbonyl (C=O) groups is 6. The summed E-state index contributed by atoms with van der Waals surface area (Å²) in [6.07, 6.45) is 2.02. The Morgan fingerprint density at radius 1 is 0.541 bits per heavy atom. The number of halogens is 8. The number of hydrogen-bond donors (Lipinski definition) is 5. The highest BCUT2D eigenvalue weighted by Crippen LogP contribution is 2.44. The van der Waals surface area contributed by atoms with E-state index in [-0.39, 0.29) is 131 Å². The highest BCUT2D eigenvalue weighted by Gasteiger charge is 2.46. The number of pyridine rings is 1. The van der Waals surface area contributed by atoms with Gasteiger partial charge >= 0.3 is 23.5 Å². The first-order valence-corrected chi connectivity index (χ1v) is 43.2. The summed E-state index contributed by atoms with van der Waals surface area (Å²) in [6.45, 7) is 17.3. The molecule has 0 spiro atoms. The average molecular weight is 1850 g/mol. The van der Waals surface area contributed by atoms with Crippen molar-refractivity contribution in [2.45, 2.75) is 169 Å². The van der Waals surface area contributed by atoms with Gasteiger partial charge in [-0.3, -0.25) is 52.5 Å². The van der Waals surface area contributed by atoms with Crippen molar-refractivity contribution in [2.24, 2.45) is 28.2 Å². The van der Waals surface area contributed by atoms with Crippen LogP contribution in [-0.4, -0.2) is 164 Å². The van der Waals surface area contributed by atoms with Crippen LogP contribution in [0.15, 0.2) is 115 Å². The average Bonchev–Trinajstić information content (AvgIpc) is 0.764. The zero-order valence-corrected chi connectivity index (χ0v) is 76.0. The van der Waals surface area contributed by atoms with Gasteiger partial charge in [-0.25, -0.2) is 45.9 Å². The number of morpholine rings is 1. The molecule has 6 aromatic carbocycles. The number of alkyl halides is 3. The van der Waals surface area contributed by atoms with Crippen LogP contribution in [0, 0.1) is 56.8 Å². The maximum Gasteiger partial charge on any atom is 0.411 e. The molecule has 4 aromatic heterocycles. The van der Waals surface area contributed by atoms with Crippen LogP contribution in [-0.2, 0) is 84.2 Å². The van der Waals surface area contributed by atoms with Crippen LogP contribution in [0.3, 0.4) is 0 Å². The molecule has 0 radical (unpaired) electrons. The predicted molar refractivity (Wildman–Crippen MR) is 480 cm³/mol. The molecule has 8 heterocycles. The number of nitrogens with zero attached hydrogens (tertiary/aromatic N) is 8. The van der Waals surface area contributed by atoms with E-state index in [0.29, 0.717) is 77.3 Å². The third-order valence-corrected chi connectivity index (χ3v) is 24.3. The highest BCUT2D eigenvalue weighted by atomic mass is 19.4. The molecule has 6 atom stereocenters. The number of esters is 1. The number of nitrogens with one attached hydrogen (secondary N) is 5. The molecule has 38 heteroatoms. The van der Waals surface area contributed by atoms with E-state index >= 15 is 4.39 Å². The van der Waals surface area contributed by atoms with Crippen LogP contribution < -0.4 is 78.5 Å². The number of aromatic nitrogens is 7. The van der Waals surface area contributed by atoms with Gasteiger partial charge in [-0.2, -0.15) is 13.2 Å². The Morgan fingerprint density at radius 2 is 1.05 bits per heavy atom. The molecule has 10 aromatic rings. The minimum atomic E-state index is -4.63. The Balaban J connectivity index is 0.000000181. The number of ketones is 2. The second-order valence-corrected chi connectivity index (χ2v) is 33.1. The van der Waals surface area contributed by atoms with Crippen molar-refractivity contribution in [1.82, 2.24) is 48.8 Å². The van der Waals surface area contributed by atoms with Crippen LogP contribution in [0.5, 0.6) is 23.0 Å². The first kappa shape index (κ1) is 98.2. The number of hydrogen-bond acceptors (Lipinski definition) is 22. The van der Waals surface area contributed by atoms with Gasteiger partial charge in [-0.1, -0.05) is 32.0 Å². The van der Waals surface area contributed by atoms with Crippen molar-refractivity contribution >= 4 is 63.2 Å². The van der Waals surface area contributed by atoms with E-state index < -0.39 is 135 Å². The maximum absolute atomic E-state index is 15.5. The fourth-order valence-electron chi connectivity index (χ4n) is 16.3. The number of aryl methyl sites for hydroxylation is 3. The minimum absolute atomic E-state index is 0.00862. The van der Waals surface area contributed by atoms with Crippen molar-refractivity contribution < 1.29 is 92.3 Å². The van der Waals surface area contributed by atoms with Crippen LogP contribution in [0.25, 0.3) is 39.0 Å². The SMILES string of the molecule is CC[C@H](C)Nc1cc(F)c(C(=O)N[C@@H](Cc2ccc(-c3c(C)n(C)c(=O)n(C)c3=O)c3c2OCCO3)C(C)=O)c(F)c1.CC[C@H](C)Nc1cc(F)c(C(=O)N[C@@H](Cc2ccc(-c3nc(C)c(C)n(C)c3=O)c3c2CCCO3)C(C)=O)c(F)c1.COC(=O)[C@H](Cc1ccc(-n2c(=O)c3ccncc3n(C)c2=O)c2c1CCCO2)NC(=O)c1c(C)cc(N2CCOC[C@@H]2C(F)(F)F)cc1F. The predicted octanol–water partition coefficient (Wildman–Crippen LogP) is 11.2. The van der Waals surface area contributed by atoms with Crippen LogP contribution >= 0.6 is 0 Å². The van der Waals surface area contributed by atoms with E-state index in [2.05, 4.69) is 36.6 Å². The van der Waals surface area contributed by atoms with Gasteiger partial charge < -0.3 is 69.0 Å². The number of benzene rings is 6. The lowest BCUT2D eigenvalue weighted by molar-refractivity contribution is -0.167. The molecule has 0 saturated carbocycles. The monoisotopic (exact) mass is 1850 g/mol. The number of anilines is 3. The third-order valence-electron chi connectivity index (χ3n) is 24.3. The number of Topliss-reactive ketones (excluding diaryl/α,β-unsaturated/α-hetero) is 2. The minimum Gasteiger partial charge on any atom is -0.493 e. The number of fused-ring (bicyclic) bond motifs is 4. The van der Waals surface area contributed by atoms with Gasteiger partial charge in [-0.05, 0) is 182 Å². The van der Waals surface area contributed by atoms with E-state index in [9.17, 15) is 83.5 Å². The van der Waals surface area contributed by atoms with Crippen molar-refractivity contribution in [2.75, 3.05) is 68.8 Å². The summed E-state index contributed by atoms with van der Waals surface area (Å²) >= 11 is 0. The summed E-state index contributed by atoms with van der Waals surface area (Å²) in [5, 5.41) is 13.7. The first-order chi connectivity index (χ1) is 63.1. The second kappa shape index (κ2) is 41.3. The van der Waals surface area contributed by atoms with Crippen LogP contribution in [0.4, 0.5) is 52.2 Å². The van der Waals surface area contributed by atoms with Crippen molar-refractivity contribution in [1.29, 1.82) is 0 Å². The van der Waals surface area contributed by atoms with Gasteiger partial charge in [0, 0.05) is 117 Å². The second-order valence-electron chi connectivity index (χ2n) is 33.1. The quantitative estimate of drug-likeness (QED) is 0.0262. The number of methoxy groups -OCH3 is 1. The van der Waals surface area contributed by atoms with Gasteiger partial charge in [0.25, 0.3) is 34.4 Å². The Bertz CT molecular complexity index is 6520. The summed E-state index contributed by atoms with van der Waals surface area (Å²) in [7, 11) is 7.28. The fraction of sp³-hybridized carbons (Fsp3) is 0.400. The molecule has 706 valence electrons. The van der Waals surface area contributed by atoms with Gasteiger partial charge in [0.15, 0.2) is 23.1 Å². The normalized spacial score (nSPS) is 15.0. The molecular formula is C95H103F8N13O17. The van der Waals surface area contributed by atoms with E-state index in [1.54, 1.807) is 55.9 Å². The summed E-state index contributed by atoms with van der Waals surface area (Å²) in [4.78, 5) is 153. The third kappa shape index (κ3) is 20.9. The van der Waals surface area contributed by atoms with Crippen LogP contribution in [0.2, 0.25) is 0 Å². The Morgan fingerprint density at radius 3 is 1.60 bits per heavy atom. The van der Waals surface area contributed by atoms with E-state index in [1.165, 1.54) is 74.6 Å². The summed E-state index contributed by atoms with van der Waals surface area (Å²) in [5.74, 6) is -8.62. The number of rotatable bonds is 25. The number of carbonyl (C=O) groups excluding carboxylic acids is 6. The molecule has 5 N–H and O–H groups in total. The number of amides is 3. The molecule has 1 fully saturated rings. The molecule has 30 nitrogen and oxygen atoms in total. The molecule has 14 rings (SSSR count). The standard InChI is InChI=1S/C34H33F4N5O7.C31H36F2N4O4.C30H34F2N4O6/c1-18-13-20(42-10-12-49-17-27(42)34(36,37)38)15-23(35)28(18)30(44)40-24(32(46)48-3)14-19-6-7-25(29-21(19)5-4-11-50-29)43-31(45)22-8-9-39-16-26(22)41(2)33(43)47;1-7-16(2)34-21-14-24(32)27(25(33)15-21)30(39)36-26(19(5)38)13-20-10-11-23(29-22(20)9-8-12-41-29)28-31(40)37(6)18(4)17(3)35-28;1-7-15(2)33-19-13-21(31)25(22(32)14-19)28(38)34-23(17(4)37)12-18-8-9-20(27-26(18)41-10-11-42-27)24-16(3)35(5)30(40)36(6)29(24)39/h6-9,13,15-16,24,27H,4-5,10-12,14,17H2,1-3H3,(H,40,44);10-11,14-16,26,34H,7-9,12-13H2,1-6H3,(H,36,39);8-9,13-15,23,33H,7,10-12H2,1-6H3,(H,34,38)/t24-,27+;16-,26-;15-,23-/m000/s1. The smallest absolute Gasteiger partial charge is 0.411 e. The molecule has 133 heavy (non-hydrogen) atoms. The van der Waals surface area contributed by atoms with Gasteiger partial charge in [0.2, 0.25) is 0 Å². The zero-order chi connectivity index (χ0) is 96.8. The maximum atomic E-state index is 15.5. The van der Waals surface area contributed by atoms with Gasteiger partial charge in [-0.15, -0.1) is 0 Å².